The van der Waals surface area contributed by atoms with Gasteiger partial charge in [0.25, 0.3) is 0 Å². The average molecular weight is 341 g/mol. The number of furan rings is 1. The van der Waals surface area contributed by atoms with Crippen LogP contribution in [0.4, 0.5) is 4.39 Å². The van der Waals surface area contributed by atoms with E-state index < -0.39 is 0 Å². The Morgan fingerprint density at radius 1 is 1.48 bits per heavy atom. The summed E-state index contributed by atoms with van der Waals surface area (Å²) in [5.74, 6) is -0.279. The lowest BCUT2D eigenvalue weighted by Gasteiger charge is -2.42. The quantitative estimate of drug-likeness (QED) is 0.913. The summed E-state index contributed by atoms with van der Waals surface area (Å²) >= 11 is 0. The first-order chi connectivity index (χ1) is 10.4. The standard InChI is InChI=1S/C17H21FN2O2.ClH/c1-17(2)10-20(6-5-15(17)19)16(21)7-11-9-22-14-8-12(18)3-4-13(11)14;/h3-4,8-9,15H,5-7,10,19H2,1-2H3;1H. The molecule has 6 heteroatoms. The minimum atomic E-state index is -0.341. The summed E-state index contributed by atoms with van der Waals surface area (Å²) in [4.78, 5) is 14.4. The van der Waals surface area contributed by atoms with Crippen LogP contribution in [0.25, 0.3) is 11.0 Å². The van der Waals surface area contributed by atoms with E-state index >= 15 is 0 Å². The van der Waals surface area contributed by atoms with Crippen LogP contribution < -0.4 is 5.73 Å². The molecule has 0 radical (unpaired) electrons. The number of hydrogen-bond donors (Lipinski definition) is 1. The van der Waals surface area contributed by atoms with Crippen molar-refractivity contribution >= 4 is 29.3 Å². The number of carbonyl (C=O) groups excluding carboxylic acids is 1. The highest BCUT2D eigenvalue weighted by Gasteiger charge is 2.35. The van der Waals surface area contributed by atoms with Gasteiger partial charge in [-0.3, -0.25) is 4.79 Å². The number of amides is 1. The number of likely N-dealkylation sites (tertiary alicyclic amines) is 1. The monoisotopic (exact) mass is 340 g/mol. The van der Waals surface area contributed by atoms with Gasteiger partial charge in [0.15, 0.2) is 0 Å². The average Bonchev–Trinajstić information content (AvgIpc) is 2.84. The number of nitrogens with zero attached hydrogens (tertiary/aromatic N) is 1. The molecule has 3 rings (SSSR count). The zero-order valence-corrected chi connectivity index (χ0v) is 14.2. The first-order valence-electron chi connectivity index (χ1n) is 7.56. The third-order valence-corrected chi connectivity index (χ3v) is 4.62. The van der Waals surface area contributed by atoms with Crippen LogP contribution in [0.1, 0.15) is 25.8 Å². The van der Waals surface area contributed by atoms with Gasteiger partial charge in [-0.15, -0.1) is 12.4 Å². The van der Waals surface area contributed by atoms with Crippen molar-refractivity contribution in [1.29, 1.82) is 0 Å². The molecule has 1 aromatic heterocycles. The second kappa shape index (κ2) is 6.49. The van der Waals surface area contributed by atoms with Crippen molar-refractivity contribution < 1.29 is 13.6 Å². The molecule has 1 atom stereocenters. The Morgan fingerprint density at radius 2 is 2.22 bits per heavy atom. The van der Waals surface area contributed by atoms with Crippen molar-refractivity contribution in [3.8, 4) is 0 Å². The second-order valence-electron chi connectivity index (χ2n) is 6.78. The van der Waals surface area contributed by atoms with Gasteiger partial charge in [0.2, 0.25) is 5.91 Å². The molecule has 1 fully saturated rings. The molecule has 1 unspecified atom stereocenters. The van der Waals surface area contributed by atoms with E-state index in [2.05, 4.69) is 13.8 Å². The van der Waals surface area contributed by atoms with Crippen molar-refractivity contribution in [3.05, 3.63) is 35.8 Å². The third kappa shape index (κ3) is 3.51. The minimum absolute atomic E-state index is 0. The SMILES string of the molecule is CC1(C)CN(C(=O)Cc2coc3cc(F)ccc23)CCC1N.Cl. The molecule has 0 aliphatic carbocycles. The molecule has 2 aromatic rings. The number of piperidine rings is 1. The topological polar surface area (TPSA) is 59.5 Å². The fourth-order valence-electron chi connectivity index (χ4n) is 3.06. The van der Waals surface area contributed by atoms with E-state index in [1.807, 2.05) is 4.90 Å². The van der Waals surface area contributed by atoms with Crippen molar-refractivity contribution in [1.82, 2.24) is 4.90 Å². The summed E-state index contributed by atoms with van der Waals surface area (Å²) in [6.07, 6.45) is 2.63. The van der Waals surface area contributed by atoms with Gasteiger partial charge in [-0.1, -0.05) is 13.8 Å². The Bertz CT molecular complexity index is 714. The molecule has 0 spiro atoms. The summed E-state index contributed by atoms with van der Waals surface area (Å²) in [5.41, 5.74) is 7.31. The molecule has 1 aliphatic rings. The Morgan fingerprint density at radius 3 is 2.91 bits per heavy atom. The maximum absolute atomic E-state index is 13.2. The van der Waals surface area contributed by atoms with E-state index in [9.17, 15) is 9.18 Å². The van der Waals surface area contributed by atoms with E-state index in [4.69, 9.17) is 10.2 Å². The van der Waals surface area contributed by atoms with Crippen molar-refractivity contribution in [2.75, 3.05) is 13.1 Å². The molecular formula is C17H22ClFN2O2. The fourth-order valence-corrected chi connectivity index (χ4v) is 3.06. The van der Waals surface area contributed by atoms with Crippen molar-refractivity contribution in [2.24, 2.45) is 11.1 Å². The third-order valence-electron chi connectivity index (χ3n) is 4.62. The highest BCUT2D eigenvalue weighted by Crippen LogP contribution is 2.29. The van der Waals surface area contributed by atoms with E-state index in [1.165, 1.54) is 12.1 Å². The summed E-state index contributed by atoms with van der Waals surface area (Å²) in [7, 11) is 0. The highest BCUT2D eigenvalue weighted by atomic mass is 35.5. The van der Waals surface area contributed by atoms with Crippen LogP contribution in [0.3, 0.4) is 0 Å². The van der Waals surface area contributed by atoms with Gasteiger partial charge in [0.05, 0.1) is 12.7 Å². The Balaban J connectivity index is 0.00000192. The summed E-state index contributed by atoms with van der Waals surface area (Å²) in [5, 5.41) is 0.794. The molecule has 126 valence electrons. The largest absolute Gasteiger partial charge is 0.464 e. The lowest BCUT2D eigenvalue weighted by atomic mass is 9.79. The van der Waals surface area contributed by atoms with Gasteiger partial charge in [0.1, 0.15) is 11.4 Å². The predicted molar refractivity (Wildman–Crippen MR) is 90.1 cm³/mol. The number of fused-ring (bicyclic) bond motifs is 1. The number of halogens is 2. The molecule has 23 heavy (non-hydrogen) atoms. The van der Waals surface area contributed by atoms with Crippen LogP contribution in [-0.2, 0) is 11.2 Å². The maximum Gasteiger partial charge on any atom is 0.227 e. The normalized spacial score (nSPS) is 20.3. The van der Waals surface area contributed by atoms with E-state index in [-0.39, 0.29) is 42.0 Å². The molecule has 4 nitrogen and oxygen atoms in total. The molecule has 0 saturated carbocycles. The zero-order chi connectivity index (χ0) is 15.9. The molecule has 1 aromatic carbocycles. The maximum atomic E-state index is 13.2. The van der Waals surface area contributed by atoms with Gasteiger partial charge >= 0.3 is 0 Å². The second-order valence-corrected chi connectivity index (χ2v) is 6.78. The van der Waals surface area contributed by atoms with Crippen LogP contribution in [0.15, 0.2) is 28.9 Å². The number of carbonyl (C=O) groups is 1. The van der Waals surface area contributed by atoms with Crippen LogP contribution in [-0.4, -0.2) is 29.9 Å². The van der Waals surface area contributed by atoms with Crippen LogP contribution in [0.2, 0.25) is 0 Å². The highest BCUT2D eigenvalue weighted by molar-refractivity contribution is 5.87. The van der Waals surface area contributed by atoms with Crippen LogP contribution in [0, 0.1) is 11.2 Å². The van der Waals surface area contributed by atoms with Crippen LogP contribution >= 0.6 is 12.4 Å². The summed E-state index contributed by atoms with van der Waals surface area (Å²) in [6, 6.07) is 4.50. The molecular weight excluding hydrogens is 319 g/mol. The first kappa shape index (κ1) is 17.8. The Labute approximate surface area is 141 Å². The minimum Gasteiger partial charge on any atom is -0.464 e. The van der Waals surface area contributed by atoms with E-state index in [0.29, 0.717) is 18.7 Å². The summed E-state index contributed by atoms with van der Waals surface area (Å²) < 4.78 is 18.5. The fraction of sp³-hybridized carbons (Fsp3) is 0.471. The Kier molecular flexibility index (Phi) is 5.01. The van der Waals surface area contributed by atoms with Gasteiger partial charge < -0.3 is 15.1 Å². The number of benzene rings is 1. The molecule has 0 bridgehead atoms. The lowest BCUT2D eigenvalue weighted by Crippen LogP contribution is -2.54. The van der Waals surface area contributed by atoms with Gasteiger partial charge in [-0.05, 0) is 24.0 Å². The first-order valence-corrected chi connectivity index (χ1v) is 7.56. The lowest BCUT2D eigenvalue weighted by molar-refractivity contribution is -0.133. The van der Waals surface area contributed by atoms with E-state index in [1.54, 1.807) is 12.3 Å². The van der Waals surface area contributed by atoms with Gasteiger partial charge in [-0.2, -0.15) is 0 Å². The number of nitrogens with two attached hydrogens (primary N) is 1. The Hall–Kier alpha value is -1.59. The summed E-state index contributed by atoms with van der Waals surface area (Å²) in [6.45, 7) is 5.53. The number of rotatable bonds is 2. The molecule has 1 saturated heterocycles. The van der Waals surface area contributed by atoms with Crippen LogP contribution in [0.5, 0.6) is 0 Å². The molecule has 1 aliphatic heterocycles. The van der Waals surface area contributed by atoms with Crippen molar-refractivity contribution in [2.45, 2.75) is 32.7 Å². The van der Waals surface area contributed by atoms with Gasteiger partial charge in [-0.25, -0.2) is 4.39 Å². The zero-order valence-electron chi connectivity index (χ0n) is 13.3. The smallest absolute Gasteiger partial charge is 0.227 e. The molecule has 2 N–H and O–H groups in total. The molecule has 1 amide bonds. The van der Waals surface area contributed by atoms with Crippen molar-refractivity contribution in [3.63, 3.8) is 0 Å². The van der Waals surface area contributed by atoms with Gasteiger partial charge in [0, 0.05) is 36.1 Å². The molecule has 2 heterocycles. The predicted octanol–water partition coefficient (Wildman–Crippen LogP) is 3.12. The number of hydrogen-bond acceptors (Lipinski definition) is 3. The van der Waals surface area contributed by atoms with E-state index in [0.717, 1.165) is 17.4 Å².